The summed E-state index contributed by atoms with van der Waals surface area (Å²) in [6.07, 6.45) is 7.62. The van der Waals surface area contributed by atoms with Crippen molar-refractivity contribution in [3.8, 4) is 0 Å². The van der Waals surface area contributed by atoms with Crippen molar-refractivity contribution in [1.82, 2.24) is 5.32 Å². The lowest BCUT2D eigenvalue weighted by molar-refractivity contribution is -0.0815. The van der Waals surface area contributed by atoms with Crippen molar-refractivity contribution in [2.75, 3.05) is 19.3 Å². The minimum absolute atomic E-state index is 0.0694. The summed E-state index contributed by atoms with van der Waals surface area (Å²) in [4.78, 5) is 0. The molecule has 4 bridgehead atoms. The second kappa shape index (κ2) is 4.71. The summed E-state index contributed by atoms with van der Waals surface area (Å²) in [5, 5.41) is 3.14. The van der Waals surface area contributed by atoms with Gasteiger partial charge in [-0.15, -0.1) is 0 Å². The maximum Gasteiger partial charge on any atom is 0.265 e. The molecule has 2 N–H and O–H groups in total. The van der Waals surface area contributed by atoms with E-state index < -0.39 is 10.1 Å². The number of rotatable bonds is 5. The minimum atomic E-state index is -3.88. The molecule has 4 aliphatic rings. The molecule has 1 unspecified atom stereocenters. The molecule has 0 aromatic heterocycles. The highest BCUT2D eigenvalue weighted by molar-refractivity contribution is 7.85. The van der Waals surface area contributed by atoms with Gasteiger partial charge in [-0.05, 0) is 81.2 Å². The van der Waals surface area contributed by atoms with Crippen LogP contribution in [0.5, 0.6) is 0 Å². The van der Waals surface area contributed by atoms with E-state index in [1.807, 2.05) is 7.05 Å². The third-order valence-corrected chi connectivity index (χ3v) is 6.64. The van der Waals surface area contributed by atoms with Gasteiger partial charge in [-0.25, -0.2) is 0 Å². The van der Waals surface area contributed by atoms with Gasteiger partial charge in [-0.3, -0.25) is 4.55 Å². The highest BCUT2D eigenvalue weighted by Crippen LogP contribution is 2.62. The summed E-state index contributed by atoms with van der Waals surface area (Å²) in [5.74, 6) is 2.44. The van der Waals surface area contributed by atoms with Gasteiger partial charge in [0.05, 0.1) is 5.75 Å². The van der Waals surface area contributed by atoms with Gasteiger partial charge in [-0.2, -0.15) is 8.42 Å². The molecule has 1 atom stereocenters. The largest absolute Gasteiger partial charge is 0.319 e. The highest BCUT2D eigenvalue weighted by Gasteiger charge is 2.54. The average Bonchev–Trinajstić information content (AvgIpc) is 2.24. The van der Waals surface area contributed by atoms with E-state index in [1.165, 1.54) is 38.5 Å². The molecule has 0 aromatic rings. The van der Waals surface area contributed by atoms with Crippen LogP contribution < -0.4 is 5.32 Å². The fraction of sp³-hybridized carbons (Fsp3) is 1.00. The van der Waals surface area contributed by atoms with E-state index in [4.69, 9.17) is 0 Å². The Kier molecular flexibility index (Phi) is 3.43. The van der Waals surface area contributed by atoms with Crippen LogP contribution in [0.2, 0.25) is 0 Å². The summed E-state index contributed by atoms with van der Waals surface area (Å²) in [6.45, 7) is 0.700. The lowest BCUT2D eigenvalue weighted by Crippen LogP contribution is -2.52. The van der Waals surface area contributed by atoms with Gasteiger partial charge in [0.2, 0.25) is 0 Å². The van der Waals surface area contributed by atoms with Gasteiger partial charge in [-0.1, -0.05) is 0 Å². The van der Waals surface area contributed by atoms with E-state index in [9.17, 15) is 13.0 Å². The van der Waals surface area contributed by atoms with Crippen LogP contribution in [-0.2, 0) is 10.1 Å². The first-order valence-electron chi connectivity index (χ1n) is 7.50. The molecular weight excluding hydrogens is 262 g/mol. The molecule has 4 saturated carbocycles. The van der Waals surface area contributed by atoms with E-state index in [1.54, 1.807) is 0 Å². The van der Waals surface area contributed by atoms with Crippen molar-refractivity contribution in [3.63, 3.8) is 0 Å². The molecule has 4 aliphatic carbocycles. The lowest BCUT2D eigenvalue weighted by Gasteiger charge is -2.59. The third-order valence-electron chi connectivity index (χ3n) is 5.81. The zero-order valence-electron chi connectivity index (χ0n) is 11.6. The zero-order chi connectivity index (χ0) is 13.7. The first-order chi connectivity index (χ1) is 8.90. The van der Waals surface area contributed by atoms with Crippen LogP contribution in [-0.4, -0.2) is 32.3 Å². The molecular formula is C14H25NO3S. The van der Waals surface area contributed by atoms with Gasteiger partial charge in [0, 0.05) is 0 Å². The van der Waals surface area contributed by atoms with Crippen LogP contribution in [0.4, 0.5) is 0 Å². The molecule has 19 heavy (non-hydrogen) atoms. The minimum Gasteiger partial charge on any atom is -0.319 e. The standard InChI is InChI=1S/C14H25NO3S/c1-15-8-13(9-19(16,17)18)14-5-10-2-11(6-14)4-12(3-10)7-14/h10-13,15H,2-9H2,1H3,(H,16,17,18). The van der Waals surface area contributed by atoms with Gasteiger partial charge < -0.3 is 5.32 Å². The average molecular weight is 287 g/mol. The molecule has 5 heteroatoms. The number of nitrogens with one attached hydrogen (secondary N) is 1. The molecule has 110 valence electrons. The lowest BCUT2D eigenvalue weighted by atomic mass is 9.46. The summed E-state index contributed by atoms with van der Waals surface area (Å²) >= 11 is 0. The predicted molar refractivity (Wildman–Crippen MR) is 74.4 cm³/mol. The summed E-state index contributed by atoms with van der Waals surface area (Å²) in [5.41, 5.74) is 0.174. The Labute approximate surface area is 116 Å². The second-order valence-corrected chi connectivity index (χ2v) is 8.78. The SMILES string of the molecule is CNCC(CS(=O)(=O)O)C12CC3CC(CC(C3)C1)C2. The molecule has 0 aromatic carbocycles. The fourth-order valence-electron chi connectivity index (χ4n) is 5.63. The van der Waals surface area contributed by atoms with Gasteiger partial charge in [0.25, 0.3) is 10.1 Å². The van der Waals surface area contributed by atoms with Crippen LogP contribution in [0.15, 0.2) is 0 Å². The van der Waals surface area contributed by atoms with Gasteiger partial charge >= 0.3 is 0 Å². The Hall–Kier alpha value is -0.130. The third kappa shape index (κ3) is 2.69. The van der Waals surface area contributed by atoms with Crippen LogP contribution in [0.1, 0.15) is 38.5 Å². The summed E-state index contributed by atoms with van der Waals surface area (Å²) < 4.78 is 31.9. The number of hydrogen-bond acceptors (Lipinski definition) is 3. The van der Waals surface area contributed by atoms with E-state index in [0.717, 1.165) is 17.8 Å². The van der Waals surface area contributed by atoms with Gasteiger partial charge in [0.1, 0.15) is 0 Å². The maximum absolute atomic E-state index is 11.3. The van der Waals surface area contributed by atoms with Crippen LogP contribution in [0, 0.1) is 29.1 Å². The summed E-state index contributed by atoms with van der Waals surface area (Å²) in [6, 6.07) is 0. The number of hydrogen-bond donors (Lipinski definition) is 2. The van der Waals surface area contributed by atoms with Crippen LogP contribution >= 0.6 is 0 Å². The van der Waals surface area contributed by atoms with E-state index >= 15 is 0 Å². The first-order valence-corrected chi connectivity index (χ1v) is 9.11. The van der Waals surface area contributed by atoms with Crippen molar-refractivity contribution in [2.24, 2.45) is 29.1 Å². The van der Waals surface area contributed by atoms with E-state index in [0.29, 0.717) is 6.54 Å². The van der Waals surface area contributed by atoms with E-state index in [-0.39, 0.29) is 17.1 Å². The molecule has 4 fully saturated rings. The zero-order valence-corrected chi connectivity index (χ0v) is 12.5. The molecule has 0 saturated heterocycles. The Morgan fingerprint density at radius 3 is 2.00 bits per heavy atom. The Balaban J connectivity index is 1.84. The molecule has 0 radical (unpaired) electrons. The normalized spacial score (nSPS) is 42.5. The van der Waals surface area contributed by atoms with Crippen LogP contribution in [0.25, 0.3) is 0 Å². The Morgan fingerprint density at radius 1 is 1.16 bits per heavy atom. The predicted octanol–water partition coefficient (Wildman–Crippen LogP) is 1.93. The highest BCUT2D eigenvalue weighted by atomic mass is 32.2. The summed E-state index contributed by atoms with van der Waals surface area (Å²) in [7, 11) is -2.01. The second-order valence-electron chi connectivity index (χ2n) is 7.28. The van der Waals surface area contributed by atoms with Crippen molar-refractivity contribution < 1.29 is 13.0 Å². The van der Waals surface area contributed by atoms with Crippen molar-refractivity contribution >= 4 is 10.1 Å². The quantitative estimate of drug-likeness (QED) is 0.758. The van der Waals surface area contributed by atoms with Crippen molar-refractivity contribution in [2.45, 2.75) is 38.5 Å². The molecule has 0 amide bonds. The molecule has 4 nitrogen and oxygen atoms in total. The van der Waals surface area contributed by atoms with Crippen molar-refractivity contribution in [3.05, 3.63) is 0 Å². The van der Waals surface area contributed by atoms with Crippen LogP contribution in [0.3, 0.4) is 0 Å². The van der Waals surface area contributed by atoms with E-state index in [2.05, 4.69) is 5.32 Å². The smallest absolute Gasteiger partial charge is 0.265 e. The molecule has 0 aliphatic heterocycles. The Bertz CT molecular complexity index is 410. The Morgan fingerprint density at radius 2 is 1.63 bits per heavy atom. The fourth-order valence-corrected chi connectivity index (χ4v) is 6.61. The van der Waals surface area contributed by atoms with Crippen molar-refractivity contribution in [1.29, 1.82) is 0 Å². The first kappa shape index (κ1) is 13.8. The monoisotopic (exact) mass is 287 g/mol. The maximum atomic E-state index is 11.3. The topological polar surface area (TPSA) is 66.4 Å². The molecule has 0 spiro atoms. The van der Waals surface area contributed by atoms with Gasteiger partial charge in [0.15, 0.2) is 0 Å². The molecule has 0 heterocycles. The molecule has 4 rings (SSSR count).